The topological polar surface area (TPSA) is 118 Å². The van der Waals surface area contributed by atoms with Gasteiger partial charge in [0.25, 0.3) is 0 Å². The lowest BCUT2D eigenvalue weighted by Crippen LogP contribution is -2.71. The molecular formula is C33H44O9. The molecule has 2 saturated heterocycles. The van der Waals surface area contributed by atoms with Gasteiger partial charge in [-0.15, -0.1) is 0 Å². The largest absolute Gasteiger partial charge is 0.462 e. The van der Waals surface area contributed by atoms with Gasteiger partial charge in [-0.3, -0.25) is 4.79 Å². The minimum absolute atomic E-state index is 0.150. The van der Waals surface area contributed by atoms with Crippen molar-refractivity contribution in [2.45, 2.75) is 98.2 Å². The van der Waals surface area contributed by atoms with Crippen molar-refractivity contribution in [2.75, 3.05) is 19.8 Å². The maximum absolute atomic E-state index is 13.5. The van der Waals surface area contributed by atoms with Gasteiger partial charge >= 0.3 is 17.9 Å². The summed E-state index contributed by atoms with van der Waals surface area (Å²) in [5, 5.41) is 12.0. The minimum atomic E-state index is -0.787. The Morgan fingerprint density at radius 2 is 1.86 bits per heavy atom. The van der Waals surface area contributed by atoms with Crippen molar-refractivity contribution in [3.05, 3.63) is 34.4 Å². The van der Waals surface area contributed by atoms with Crippen LogP contribution < -0.4 is 0 Å². The maximum Gasteiger partial charge on any atom is 0.334 e. The summed E-state index contributed by atoms with van der Waals surface area (Å²) < 4.78 is 30.8. The second kappa shape index (κ2) is 10.0. The van der Waals surface area contributed by atoms with Crippen LogP contribution in [0.25, 0.3) is 0 Å². The first-order valence-electron chi connectivity index (χ1n) is 15.3. The van der Waals surface area contributed by atoms with E-state index < -0.39 is 52.6 Å². The summed E-state index contributed by atoms with van der Waals surface area (Å²) in [4.78, 5) is 38.4. The maximum atomic E-state index is 13.5. The summed E-state index contributed by atoms with van der Waals surface area (Å²) in [6.07, 6.45) is 2.34. The first kappa shape index (κ1) is 29.6. The third-order valence-corrected chi connectivity index (χ3v) is 12.0. The Morgan fingerprint density at radius 1 is 1.12 bits per heavy atom. The molecule has 0 spiro atoms. The van der Waals surface area contributed by atoms with Crippen LogP contribution in [0.2, 0.25) is 0 Å². The zero-order valence-corrected chi connectivity index (χ0v) is 25.7. The van der Waals surface area contributed by atoms with E-state index in [1.807, 2.05) is 13.0 Å². The van der Waals surface area contributed by atoms with E-state index in [0.29, 0.717) is 43.6 Å². The molecule has 0 aromatic rings. The highest BCUT2D eigenvalue weighted by atomic mass is 16.6. The smallest absolute Gasteiger partial charge is 0.334 e. The number of esters is 3. The minimum Gasteiger partial charge on any atom is -0.462 e. The highest BCUT2D eigenvalue weighted by Gasteiger charge is 2.76. The fourth-order valence-corrected chi connectivity index (χ4v) is 10.1. The molecule has 9 heteroatoms. The van der Waals surface area contributed by atoms with Crippen LogP contribution in [0.5, 0.6) is 0 Å². The van der Waals surface area contributed by atoms with Gasteiger partial charge in [0, 0.05) is 59.2 Å². The molecule has 0 bridgehead atoms. The molecule has 0 amide bonds. The average molecular weight is 585 g/mol. The van der Waals surface area contributed by atoms with Crippen molar-refractivity contribution >= 4 is 17.9 Å². The standard InChI is InChI=1S/C33H44O9/c1-8-16(2)29(36)42-28-26-27-31(5,15-40-26)24(41-18(4)34)14-23(35)32(27,6)22-10-12-38-21-13-20(19-9-11-39-30(19)37)17(3)25(21)33(22,28)7/h8-9,20-24,26-28,35H,10-15H2,1-7H3. The van der Waals surface area contributed by atoms with Crippen LogP contribution in [0, 0.1) is 34.0 Å². The molecule has 3 heterocycles. The van der Waals surface area contributed by atoms with Crippen molar-refractivity contribution in [3.8, 4) is 0 Å². The normalized spacial score (nSPS) is 46.2. The monoisotopic (exact) mass is 584 g/mol. The van der Waals surface area contributed by atoms with E-state index in [1.165, 1.54) is 6.92 Å². The summed E-state index contributed by atoms with van der Waals surface area (Å²) in [5.41, 5.74) is 1.23. The molecule has 0 aromatic carbocycles. The number of carbonyl (C=O) groups excluding carboxylic acids is 3. The zero-order valence-electron chi connectivity index (χ0n) is 25.7. The van der Waals surface area contributed by atoms with E-state index in [2.05, 4.69) is 27.7 Å². The molecule has 3 aliphatic carbocycles. The van der Waals surface area contributed by atoms with E-state index in [0.717, 1.165) is 11.1 Å². The van der Waals surface area contributed by atoms with Gasteiger partial charge in [0.05, 0.1) is 24.9 Å². The van der Waals surface area contributed by atoms with Crippen LogP contribution >= 0.6 is 0 Å². The first-order valence-corrected chi connectivity index (χ1v) is 15.3. The van der Waals surface area contributed by atoms with Crippen molar-refractivity contribution < 1.29 is 43.2 Å². The van der Waals surface area contributed by atoms with E-state index in [-0.39, 0.29) is 36.4 Å². The number of aliphatic hydroxyl groups is 1. The van der Waals surface area contributed by atoms with Gasteiger partial charge in [0.2, 0.25) is 0 Å². The number of carbonyl (C=O) groups is 3. The van der Waals surface area contributed by atoms with Crippen molar-refractivity contribution in [2.24, 2.45) is 34.0 Å². The lowest BCUT2D eigenvalue weighted by atomic mass is 9.39. The second-order valence-electron chi connectivity index (χ2n) is 13.9. The number of cyclic esters (lactones) is 1. The Kier molecular flexibility index (Phi) is 7.06. The van der Waals surface area contributed by atoms with Crippen LogP contribution in [-0.2, 0) is 38.1 Å². The highest BCUT2D eigenvalue weighted by Crippen LogP contribution is 2.72. The fraction of sp³-hybridized carbons (Fsp3) is 0.727. The van der Waals surface area contributed by atoms with Crippen molar-refractivity contribution in [1.29, 1.82) is 0 Å². The van der Waals surface area contributed by atoms with Gasteiger partial charge < -0.3 is 28.8 Å². The summed E-state index contributed by atoms with van der Waals surface area (Å²) in [7, 11) is 0. The van der Waals surface area contributed by atoms with Crippen LogP contribution in [-0.4, -0.2) is 73.4 Å². The molecule has 2 saturated carbocycles. The van der Waals surface area contributed by atoms with Crippen LogP contribution in [0.4, 0.5) is 0 Å². The number of hydrogen-bond donors (Lipinski definition) is 1. The second-order valence-corrected chi connectivity index (χ2v) is 13.9. The highest BCUT2D eigenvalue weighted by molar-refractivity contribution is 5.92. The Hall–Kier alpha value is -2.49. The van der Waals surface area contributed by atoms with Gasteiger partial charge in [-0.2, -0.15) is 0 Å². The number of fused-ring (bicyclic) bond motifs is 4. The molecule has 3 aliphatic heterocycles. The van der Waals surface area contributed by atoms with Gasteiger partial charge in [0.15, 0.2) is 0 Å². The number of aliphatic hydroxyl groups excluding tert-OH is 1. The quantitative estimate of drug-likeness (QED) is 0.228. The van der Waals surface area contributed by atoms with Crippen LogP contribution in [0.1, 0.15) is 67.7 Å². The van der Waals surface area contributed by atoms with Crippen molar-refractivity contribution in [3.63, 3.8) is 0 Å². The molecule has 6 rings (SSSR count). The molecule has 1 N–H and O–H groups in total. The number of ether oxygens (including phenoxy) is 5. The third-order valence-electron chi connectivity index (χ3n) is 12.0. The molecule has 0 radical (unpaired) electrons. The van der Waals surface area contributed by atoms with Gasteiger partial charge in [0.1, 0.15) is 18.8 Å². The lowest BCUT2D eigenvalue weighted by molar-refractivity contribution is -0.253. The third kappa shape index (κ3) is 3.88. The lowest BCUT2D eigenvalue weighted by Gasteiger charge is -2.66. The summed E-state index contributed by atoms with van der Waals surface area (Å²) in [6.45, 7) is 14.4. The molecule has 230 valence electrons. The Morgan fingerprint density at radius 3 is 2.50 bits per heavy atom. The molecule has 11 atom stereocenters. The van der Waals surface area contributed by atoms with E-state index in [1.54, 1.807) is 13.0 Å². The van der Waals surface area contributed by atoms with E-state index >= 15 is 0 Å². The molecule has 42 heavy (non-hydrogen) atoms. The van der Waals surface area contributed by atoms with Crippen LogP contribution in [0.3, 0.4) is 0 Å². The molecule has 0 aromatic heterocycles. The predicted molar refractivity (Wildman–Crippen MR) is 151 cm³/mol. The Labute approximate surface area is 247 Å². The van der Waals surface area contributed by atoms with Gasteiger partial charge in [-0.1, -0.05) is 32.4 Å². The molecule has 9 nitrogen and oxygen atoms in total. The summed E-state index contributed by atoms with van der Waals surface area (Å²) in [6, 6.07) is 0. The molecule has 6 aliphatic rings. The Bertz CT molecular complexity index is 1300. The van der Waals surface area contributed by atoms with Gasteiger partial charge in [-0.25, -0.2) is 9.59 Å². The van der Waals surface area contributed by atoms with E-state index in [4.69, 9.17) is 23.7 Å². The molecular weight excluding hydrogens is 540 g/mol. The zero-order chi connectivity index (χ0) is 30.4. The van der Waals surface area contributed by atoms with Gasteiger partial charge in [-0.05, 0) is 51.2 Å². The number of rotatable bonds is 4. The SMILES string of the molecule is CC=C(C)C(=O)OC1C2OCC3(C)C(OC(C)=O)CC(O)C(C)(C23)C2CCOC3CC(C4=CCOC4=O)C(C)=C3C12C. The first-order chi connectivity index (χ1) is 19.8. The summed E-state index contributed by atoms with van der Waals surface area (Å²) in [5.74, 6) is -1.66. The Balaban J connectivity index is 1.55. The number of hydrogen-bond acceptors (Lipinski definition) is 9. The van der Waals surface area contributed by atoms with E-state index in [9.17, 15) is 19.5 Å². The van der Waals surface area contributed by atoms with Crippen LogP contribution in [0.15, 0.2) is 34.4 Å². The average Bonchev–Trinajstić information content (AvgIpc) is 3.58. The fourth-order valence-electron chi connectivity index (χ4n) is 10.1. The summed E-state index contributed by atoms with van der Waals surface area (Å²) >= 11 is 0. The molecule has 11 unspecified atom stereocenters. The number of allylic oxidation sites excluding steroid dienone is 2. The predicted octanol–water partition coefficient (Wildman–Crippen LogP) is 3.83. The molecule has 4 fully saturated rings. The van der Waals surface area contributed by atoms with Crippen molar-refractivity contribution in [1.82, 2.24) is 0 Å².